The third-order valence-corrected chi connectivity index (χ3v) is 4.87. The zero-order chi connectivity index (χ0) is 18.5. The molecule has 0 bridgehead atoms. The highest BCUT2D eigenvalue weighted by Gasteiger charge is 2.32. The third kappa shape index (κ3) is 4.20. The number of fused-ring (bicyclic) bond motifs is 1. The van der Waals surface area contributed by atoms with Crippen LogP contribution < -0.4 is 5.32 Å². The Morgan fingerprint density at radius 2 is 2.04 bits per heavy atom. The van der Waals surface area contributed by atoms with Gasteiger partial charge in [-0.2, -0.15) is 0 Å². The van der Waals surface area contributed by atoms with E-state index in [2.05, 4.69) is 40.5 Å². The number of rotatable bonds is 6. The lowest BCUT2D eigenvalue weighted by Crippen LogP contribution is -2.56. The Kier molecular flexibility index (Phi) is 5.85. The van der Waals surface area contributed by atoms with E-state index in [4.69, 9.17) is 5.11 Å². The lowest BCUT2D eigenvalue weighted by Gasteiger charge is -2.35. The first-order valence-corrected chi connectivity index (χ1v) is 8.93. The highest BCUT2D eigenvalue weighted by Crippen LogP contribution is 2.19. The van der Waals surface area contributed by atoms with Gasteiger partial charge >= 0.3 is 0 Å². The number of carbonyl (C=O) groups is 2. The molecule has 0 aromatic heterocycles. The fourth-order valence-corrected chi connectivity index (χ4v) is 3.34. The number of benzene rings is 2. The SMILES string of the molecule is CN(CCO)C(=O)CC1C(=O)NCCN1Cc1ccc2ccccc2c1. The molecule has 0 radical (unpaired) electrons. The highest BCUT2D eigenvalue weighted by molar-refractivity contribution is 5.89. The van der Waals surface area contributed by atoms with Gasteiger partial charge in [0.25, 0.3) is 0 Å². The molecular formula is C20H25N3O3. The molecule has 1 heterocycles. The summed E-state index contributed by atoms with van der Waals surface area (Å²) in [5.74, 6) is -0.243. The van der Waals surface area contributed by atoms with Crippen LogP contribution >= 0.6 is 0 Å². The van der Waals surface area contributed by atoms with E-state index in [1.165, 1.54) is 15.7 Å². The molecule has 1 saturated heterocycles. The lowest BCUT2D eigenvalue weighted by atomic mass is 10.0. The number of hydrogen-bond donors (Lipinski definition) is 2. The van der Waals surface area contributed by atoms with Crippen molar-refractivity contribution in [2.45, 2.75) is 19.0 Å². The Morgan fingerprint density at radius 3 is 2.81 bits per heavy atom. The number of nitrogens with one attached hydrogen (secondary N) is 1. The zero-order valence-electron chi connectivity index (χ0n) is 15.0. The molecule has 6 heteroatoms. The van der Waals surface area contributed by atoms with E-state index in [0.717, 1.165) is 5.56 Å². The molecule has 2 amide bonds. The second kappa shape index (κ2) is 8.29. The van der Waals surface area contributed by atoms with E-state index in [9.17, 15) is 9.59 Å². The molecule has 26 heavy (non-hydrogen) atoms. The molecule has 138 valence electrons. The van der Waals surface area contributed by atoms with Crippen molar-refractivity contribution in [1.82, 2.24) is 15.1 Å². The van der Waals surface area contributed by atoms with Gasteiger partial charge in [0, 0.05) is 33.2 Å². The first-order chi connectivity index (χ1) is 12.6. The van der Waals surface area contributed by atoms with E-state index >= 15 is 0 Å². The van der Waals surface area contributed by atoms with Crippen LogP contribution in [-0.4, -0.2) is 66.1 Å². The first-order valence-electron chi connectivity index (χ1n) is 8.93. The maximum Gasteiger partial charge on any atom is 0.237 e. The highest BCUT2D eigenvalue weighted by atomic mass is 16.3. The molecule has 1 unspecified atom stereocenters. The normalized spacial score (nSPS) is 17.9. The smallest absolute Gasteiger partial charge is 0.237 e. The zero-order valence-corrected chi connectivity index (χ0v) is 15.0. The number of aliphatic hydroxyl groups excluding tert-OH is 1. The van der Waals surface area contributed by atoms with E-state index in [1.54, 1.807) is 7.05 Å². The van der Waals surface area contributed by atoms with Crippen molar-refractivity contribution in [3.8, 4) is 0 Å². The Balaban J connectivity index is 1.74. The van der Waals surface area contributed by atoms with Crippen LogP contribution in [-0.2, 0) is 16.1 Å². The minimum Gasteiger partial charge on any atom is -0.395 e. The molecule has 1 aliphatic heterocycles. The largest absolute Gasteiger partial charge is 0.395 e. The number of nitrogens with zero attached hydrogens (tertiary/aromatic N) is 2. The second-order valence-electron chi connectivity index (χ2n) is 6.70. The van der Waals surface area contributed by atoms with E-state index in [1.807, 2.05) is 12.1 Å². The third-order valence-electron chi connectivity index (χ3n) is 4.87. The van der Waals surface area contributed by atoms with Crippen LogP contribution in [0.2, 0.25) is 0 Å². The summed E-state index contributed by atoms with van der Waals surface area (Å²) in [5, 5.41) is 14.2. The van der Waals surface area contributed by atoms with Crippen molar-refractivity contribution in [2.75, 3.05) is 33.3 Å². The summed E-state index contributed by atoms with van der Waals surface area (Å²) < 4.78 is 0. The Morgan fingerprint density at radius 1 is 1.27 bits per heavy atom. The van der Waals surface area contributed by atoms with Crippen LogP contribution in [0.15, 0.2) is 42.5 Å². The van der Waals surface area contributed by atoms with Gasteiger partial charge in [0.2, 0.25) is 11.8 Å². The number of carbonyl (C=O) groups excluding carboxylic acids is 2. The molecular weight excluding hydrogens is 330 g/mol. The molecule has 0 spiro atoms. The Hall–Kier alpha value is -2.44. The van der Waals surface area contributed by atoms with Gasteiger partial charge in [0.05, 0.1) is 19.1 Å². The topological polar surface area (TPSA) is 72.9 Å². The van der Waals surface area contributed by atoms with Crippen molar-refractivity contribution in [2.24, 2.45) is 0 Å². The summed E-state index contributed by atoms with van der Waals surface area (Å²) in [7, 11) is 1.65. The molecule has 0 aliphatic carbocycles. The molecule has 2 aromatic carbocycles. The molecule has 1 aliphatic rings. The molecule has 2 aromatic rings. The summed E-state index contributed by atoms with van der Waals surface area (Å²) >= 11 is 0. The predicted octanol–water partition coefficient (Wildman–Crippen LogP) is 0.981. The van der Waals surface area contributed by atoms with Gasteiger partial charge in [-0.25, -0.2) is 0 Å². The molecule has 2 N–H and O–H groups in total. The van der Waals surface area contributed by atoms with Gasteiger partial charge in [-0.05, 0) is 22.4 Å². The molecule has 1 fully saturated rings. The minimum atomic E-state index is -0.483. The summed E-state index contributed by atoms with van der Waals surface area (Å²) in [4.78, 5) is 28.2. The van der Waals surface area contributed by atoms with Crippen molar-refractivity contribution >= 4 is 22.6 Å². The van der Waals surface area contributed by atoms with Gasteiger partial charge < -0.3 is 15.3 Å². The van der Waals surface area contributed by atoms with Crippen molar-refractivity contribution in [3.63, 3.8) is 0 Å². The van der Waals surface area contributed by atoms with Gasteiger partial charge in [-0.1, -0.05) is 36.4 Å². The maximum atomic E-state index is 12.4. The summed E-state index contributed by atoms with van der Waals surface area (Å²) in [5.41, 5.74) is 1.12. The fourth-order valence-electron chi connectivity index (χ4n) is 3.34. The van der Waals surface area contributed by atoms with Crippen molar-refractivity contribution < 1.29 is 14.7 Å². The standard InChI is InChI=1S/C20H25N3O3/c1-22(10-11-24)19(25)13-18-20(26)21-8-9-23(18)14-15-6-7-16-4-2-3-5-17(16)12-15/h2-7,12,18,24H,8-11,13-14H2,1H3,(H,21,26). The quantitative estimate of drug-likeness (QED) is 0.810. The van der Waals surface area contributed by atoms with Crippen LogP contribution in [0.25, 0.3) is 10.8 Å². The number of piperazine rings is 1. The molecule has 6 nitrogen and oxygen atoms in total. The van der Waals surface area contributed by atoms with E-state index in [-0.39, 0.29) is 31.4 Å². The van der Waals surface area contributed by atoms with Crippen molar-refractivity contribution in [3.05, 3.63) is 48.0 Å². The fraction of sp³-hybridized carbons (Fsp3) is 0.400. The lowest BCUT2D eigenvalue weighted by molar-refractivity contribution is -0.138. The van der Waals surface area contributed by atoms with Gasteiger partial charge in [0.1, 0.15) is 0 Å². The average molecular weight is 355 g/mol. The van der Waals surface area contributed by atoms with E-state index in [0.29, 0.717) is 19.6 Å². The van der Waals surface area contributed by atoms with Crippen LogP contribution in [0.5, 0.6) is 0 Å². The second-order valence-corrected chi connectivity index (χ2v) is 6.70. The van der Waals surface area contributed by atoms with Crippen molar-refractivity contribution in [1.29, 1.82) is 0 Å². The number of hydrogen-bond acceptors (Lipinski definition) is 4. The number of aliphatic hydroxyl groups is 1. The number of amides is 2. The number of likely N-dealkylation sites (N-methyl/N-ethyl adjacent to an activating group) is 1. The summed E-state index contributed by atoms with van der Waals surface area (Å²) in [6.07, 6.45) is 0.121. The summed E-state index contributed by atoms with van der Waals surface area (Å²) in [6.45, 7) is 2.11. The molecule has 1 atom stereocenters. The van der Waals surface area contributed by atoms with Gasteiger partial charge in [-0.15, -0.1) is 0 Å². The molecule has 3 rings (SSSR count). The maximum absolute atomic E-state index is 12.4. The molecule has 0 saturated carbocycles. The Labute approximate surface area is 153 Å². The van der Waals surface area contributed by atoms with Gasteiger partial charge in [0.15, 0.2) is 0 Å². The van der Waals surface area contributed by atoms with Crippen LogP contribution in [0.4, 0.5) is 0 Å². The Bertz CT molecular complexity index is 793. The van der Waals surface area contributed by atoms with Gasteiger partial charge in [-0.3, -0.25) is 14.5 Å². The van der Waals surface area contributed by atoms with E-state index < -0.39 is 6.04 Å². The van der Waals surface area contributed by atoms with Crippen LogP contribution in [0, 0.1) is 0 Å². The summed E-state index contributed by atoms with van der Waals surface area (Å²) in [6, 6.07) is 14.0. The monoisotopic (exact) mass is 355 g/mol. The van der Waals surface area contributed by atoms with Crippen LogP contribution in [0.3, 0.4) is 0 Å². The van der Waals surface area contributed by atoms with Crippen LogP contribution in [0.1, 0.15) is 12.0 Å². The predicted molar refractivity (Wildman–Crippen MR) is 100 cm³/mol. The average Bonchev–Trinajstić information content (AvgIpc) is 2.64. The minimum absolute atomic E-state index is 0.0834. The first kappa shape index (κ1) is 18.4.